The second kappa shape index (κ2) is 14.0. The molecule has 9 aromatic carbocycles. The Morgan fingerprint density at radius 2 is 1.27 bits per heavy atom. The molecule has 62 heavy (non-hydrogen) atoms. The molecular formula is C58H38N2OS. The normalized spacial score (nSPS) is 14.3. The Morgan fingerprint density at radius 3 is 2.11 bits per heavy atom. The molecule has 3 heterocycles. The molecule has 0 aliphatic heterocycles. The highest BCUT2D eigenvalue weighted by Crippen LogP contribution is 2.47. The van der Waals surface area contributed by atoms with Crippen molar-refractivity contribution in [3.05, 3.63) is 224 Å². The van der Waals surface area contributed by atoms with Crippen molar-refractivity contribution in [2.45, 2.75) is 12.3 Å². The van der Waals surface area contributed by atoms with Crippen molar-refractivity contribution in [1.29, 1.82) is 0 Å². The van der Waals surface area contributed by atoms with E-state index in [1.807, 2.05) is 11.3 Å². The third kappa shape index (κ3) is 5.37. The maximum atomic E-state index is 6.79. The number of furan rings is 1. The predicted octanol–water partition coefficient (Wildman–Crippen LogP) is 16.6. The second-order valence-electron chi connectivity index (χ2n) is 16.3. The topological polar surface area (TPSA) is 21.3 Å². The first-order valence-electron chi connectivity index (χ1n) is 21.4. The van der Waals surface area contributed by atoms with Gasteiger partial charge in [0.25, 0.3) is 0 Å². The van der Waals surface area contributed by atoms with Crippen molar-refractivity contribution in [1.82, 2.24) is 4.57 Å². The van der Waals surface area contributed by atoms with Crippen LogP contribution >= 0.6 is 11.3 Å². The Bertz CT molecular complexity index is 3790. The number of thiophene rings is 1. The first kappa shape index (κ1) is 35.1. The summed E-state index contributed by atoms with van der Waals surface area (Å²) in [6.45, 7) is 0. The van der Waals surface area contributed by atoms with Crippen LogP contribution in [-0.4, -0.2) is 4.57 Å². The average Bonchev–Trinajstić information content (AvgIpc) is 4.02. The maximum absolute atomic E-state index is 6.79. The molecule has 292 valence electrons. The fourth-order valence-corrected chi connectivity index (χ4v) is 11.4. The van der Waals surface area contributed by atoms with Gasteiger partial charge < -0.3 is 13.9 Å². The van der Waals surface area contributed by atoms with Crippen LogP contribution in [0, 0.1) is 0 Å². The molecule has 3 aromatic heterocycles. The smallest absolute Gasteiger partial charge is 0.145 e. The third-order valence-electron chi connectivity index (χ3n) is 12.9. The van der Waals surface area contributed by atoms with Gasteiger partial charge in [-0.25, -0.2) is 0 Å². The number of allylic oxidation sites excluding steroid dienone is 3. The molecule has 0 fully saturated rings. The Morgan fingerprint density at radius 1 is 0.548 bits per heavy atom. The molecule has 0 saturated heterocycles. The van der Waals surface area contributed by atoms with E-state index in [4.69, 9.17) is 4.42 Å². The highest BCUT2D eigenvalue weighted by Gasteiger charge is 2.25. The predicted molar refractivity (Wildman–Crippen MR) is 263 cm³/mol. The number of nitrogens with zero attached hydrogens (tertiary/aromatic N) is 2. The van der Waals surface area contributed by atoms with Gasteiger partial charge in [0, 0.05) is 64.7 Å². The third-order valence-corrected chi connectivity index (χ3v) is 14.2. The molecule has 0 saturated carbocycles. The van der Waals surface area contributed by atoms with Crippen LogP contribution in [0.15, 0.2) is 222 Å². The largest absolute Gasteiger partial charge is 0.455 e. The van der Waals surface area contributed by atoms with Gasteiger partial charge in [0.15, 0.2) is 0 Å². The van der Waals surface area contributed by atoms with Gasteiger partial charge in [0.05, 0.1) is 22.1 Å². The molecule has 1 atom stereocenters. The van der Waals surface area contributed by atoms with Crippen LogP contribution in [0.4, 0.5) is 11.4 Å². The molecule has 3 nitrogen and oxygen atoms in total. The Kier molecular flexibility index (Phi) is 7.91. The van der Waals surface area contributed by atoms with Crippen LogP contribution < -0.4 is 4.90 Å². The van der Waals surface area contributed by atoms with E-state index < -0.39 is 0 Å². The first-order valence-corrected chi connectivity index (χ1v) is 22.2. The molecular weight excluding hydrogens is 773 g/mol. The number of hydrogen-bond acceptors (Lipinski definition) is 3. The van der Waals surface area contributed by atoms with Gasteiger partial charge in [-0.2, -0.15) is 0 Å². The summed E-state index contributed by atoms with van der Waals surface area (Å²) in [5.41, 5.74) is 12.4. The van der Waals surface area contributed by atoms with Crippen molar-refractivity contribution in [2.75, 3.05) is 4.90 Å². The monoisotopic (exact) mass is 810 g/mol. The molecule has 0 spiro atoms. The van der Waals surface area contributed by atoms with E-state index in [0.717, 1.165) is 72.9 Å². The van der Waals surface area contributed by atoms with Gasteiger partial charge in [0.2, 0.25) is 0 Å². The van der Waals surface area contributed by atoms with E-state index in [-0.39, 0.29) is 5.92 Å². The molecule has 13 rings (SSSR count). The van der Waals surface area contributed by atoms with E-state index >= 15 is 0 Å². The second-order valence-corrected chi connectivity index (χ2v) is 17.4. The standard InChI is InChI=1S/C58H38N2OS/c1-3-14-37(15-4-1)42-31-34-51(45-19-8-7-18-44(42)45)59(40-28-26-38(27-29-40)43-22-13-23-49-47-21-10-12-25-55(47)62-58(43)49)41-30-33-52-50(36-41)56-53(60(52)39-16-5-2-6-17-39)35-32-48-46-20-9-11-24-54(46)61-57(48)56/h1-26,28-36,38H,27H2. The zero-order valence-corrected chi connectivity index (χ0v) is 34.5. The number of fused-ring (bicyclic) bond motifs is 11. The molecule has 0 bridgehead atoms. The Balaban J connectivity index is 1.03. The molecule has 0 radical (unpaired) electrons. The lowest BCUT2D eigenvalue weighted by molar-refractivity contribution is 0.673. The van der Waals surface area contributed by atoms with Gasteiger partial charge in [-0.3, -0.25) is 0 Å². The van der Waals surface area contributed by atoms with Crippen molar-refractivity contribution in [3.8, 4) is 16.8 Å². The minimum atomic E-state index is 0.266. The molecule has 4 heteroatoms. The minimum absolute atomic E-state index is 0.266. The van der Waals surface area contributed by atoms with Crippen molar-refractivity contribution in [2.24, 2.45) is 0 Å². The summed E-state index contributed by atoms with van der Waals surface area (Å²) in [6, 6.07) is 70.4. The number of benzene rings is 9. The number of hydrogen-bond donors (Lipinski definition) is 0. The minimum Gasteiger partial charge on any atom is -0.455 e. The molecule has 1 aliphatic rings. The Hall–Kier alpha value is -7.66. The maximum Gasteiger partial charge on any atom is 0.145 e. The van der Waals surface area contributed by atoms with E-state index in [0.29, 0.717) is 0 Å². The molecule has 1 aliphatic carbocycles. The highest BCUT2D eigenvalue weighted by atomic mass is 32.1. The summed E-state index contributed by atoms with van der Waals surface area (Å²) in [4.78, 5) is 2.48. The van der Waals surface area contributed by atoms with Gasteiger partial charge in [-0.05, 0) is 95.2 Å². The fraction of sp³-hybridized carbons (Fsp3) is 0.0345. The highest BCUT2D eigenvalue weighted by molar-refractivity contribution is 7.26. The summed E-state index contributed by atoms with van der Waals surface area (Å²) in [7, 11) is 0. The number of rotatable bonds is 6. The Labute approximate surface area is 362 Å². The van der Waals surface area contributed by atoms with Gasteiger partial charge in [-0.1, -0.05) is 146 Å². The van der Waals surface area contributed by atoms with Crippen molar-refractivity contribution in [3.63, 3.8) is 0 Å². The molecule has 1 unspecified atom stereocenters. The summed E-state index contributed by atoms with van der Waals surface area (Å²) < 4.78 is 11.9. The fourth-order valence-electron chi connectivity index (χ4n) is 10.1. The quantitative estimate of drug-likeness (QED) is 0.167. The number of aromatic nitrogens is 1. The van der Waals surface area contributed by atoms with E-state index in [1.165, 1.54) is 47.6 Å². The first-order chi connectivity index (χ1) is 30.8. The van der Waals surface area contributed by atoms with Crippen LogP contribution in [0.25, 0.3) is 91.5 Å². The van der Waals surface area contributed by atoms with Crippen LogP contribution in [0.1, 0.15) is 17.9 Å². The van der Waals surface area contributed by atoms with Crippen LogP contribution in [0.5, 0.6) is 0 Å². The average molecular weight is 811 g/mol. The van der Waals surface area contributed by atoms with Gasteiger partial charge >= 0.3 is 0 Å². The van der Waals surface area contributed by atoms with E-state index in [9.17, 15) is 0 Å². The summed E-state index contributed by atoms with van der Waals surface area (Å²) >= 11 is 1.91. The molecule has 0 amide bonds. The zero-order valence-electron chi connectivity index (χ0n) is 33.7. The van der Waals surface area contributed by atoms with Gasteiger partial charge in [-0.15, -0.1) is 11.3 Å². The SMILES string of the molecule is C1=CC(c2cccc3c2sc2ccccc23)CC=C1N(c1ccc2c(c1)c1c3oc4ccccc4c3ccc1n2-c1ccccc1)c1ccc(-c2ccccc2)c2ccccc12. The summed E-state index contributed by atoms with van der Waals surface area (Å²) in [5.74, 6) is 0.266. The zero-order chi connectivity index (χ0) is 40.7. The summed E-state index contributed by atoms with van der Waals surface area (Å²) in [6.07, 6.45) is 8.13. The lowest BCUT2D eigenvalue weighted by Gasteiger charge is -2.31. The lowest BCUT2D eigenvalue weighted by atomic mass is 9.90. The van der Waals surface area contributed by atoms with Crippen molar-refractivity contribution >= 4 is 97.4 Å². The van der Waals surface area contributed by atoms with E-state index in [1.54, 1.807) is 0 Å². The molecule has 12 aromatic rings. The van der Waals surface area contributed by atoms with Crippen LogP contribution in [0.3, 0.4) is 0 Å². The summed E-state index contributed by atoms with van der Waals surface area (Å²) in [5, 5.41) is 9.64. The lowest BCUT2D eigenvalue weighted by Crippen LogP contribution is -2.18. The van der Waals surface area contributed by atoms with Crippen molar-refractivity contribution < 1.29 is 4.42 Å². The number of anilines is 2. The van der Waals surface area contributed by atoms with E-state index in [2.05, 4.69) is 222 Å². The van der Waals surface area contributed by atoms with Crippen LogP contribution in [0.2, 0.25) is 0 Å². The van der Waals surface area contributed by atoms with Crippen LogP contribution in [-0.2, 0) is 0 Å². The van der Waals surface area contributed by atoms with Gasteiger partial charge in [0.1, 0.15) is 11.2 Å². The number of para-hydroxylation sites is 2. The molecule has 0 N–H and O–H groups in total.